The summed E-state index contributed by atoms with van der Waals surface area (Å²) in [6.45, 7) is 0.471. The third-order valence-electron chi connectivity index (χ3n) is 2.92. The van der Waals surface area contributed by atoms with Gasteiger partial charge >= 0.3 is 28.2 Å². The number of hydrogen-bond donors (Lipinski definition) is 3. The van der Waals surface area contributed by atoms with Crippen LogP contribution in [0, 0.1) is 14.6 Å². The molecular formula is C16H19ClI2N2O2Pt. The second-order valence-electron chi connectivity index (χ2n) is 4.68. The van der Waals surface area contributed by atoms with Crippen LogP contribution >= 0.6 is 54.6 Å². The SMILES string of the molecule is NC[C@@H](N)Cc1cc(I)c(Oc2ccc(O)cc2)c(I)c1.[CH3-].[Cl][Pt+]. The third kappa shape index (κ3) is 7.74. The molecule has 0 saturated carbocycles. The van der Waals surface area contributed by atoms with Gasteiger partial charge in [0.15, 0.2) is 5.75 Å². The molecule has 0 amide bonds. The number of nitrogens with two attached hydrogens (primary N) is 2. The van der Waals surface area contributed by atoms with Crippen molar-refractivity contribution in [3.63, 3.8) is 0 Å². The van der Waals surface area contributed by atoms with Crippen molar-refractivity contribution in [2.24, 2.45) is 11.5 Å². The fraction of sp³-hybridized carbons (Fsp3) is 0.188. The van der Waals surface area contributed by atoms with Gasteiger partial charge < -0.3 is 28.7 Å². The minimum absolute atomic E-state index is 0. The van der Waals surface area contributed by atoms with Crippen LogP contribution in [0.15, 0.2) is 36.4 Å². The van der Waals surface area contributed by atoms with E-state index in [-0.39, 0.29) is 19.2 Å². The van der Waals surface area contributed by atoms with Crippen LogP contribution < -0.4 is 16.2 Å². The summed E-state index contributed by atoms with van der Waals surface area (Å²) < 4.78 is 7.94. The van der Waals surface area contributed by atoms with E-state index in [4.69, 9.17) is 16.2 Å². The molecule has 2 aromatic rings. The van der Waals surface area contributed by atoms with Gasteiger partial charge in [0.2, 0.25) is 0 Å². The Kier molecular flexibility index (Phi) is 12.9. The normalized spacial score (nSPS) is 11.0. The zero-order valence-electron chi connectivity index (χ0n) is 12.9. The van der Waals surface area contributed by atoms with E-state index in [0.717, 1.165) is 24.9 Å². The van der Waals surface area contributed by atoms with Gasteiger partial charge in [-0.25, -0.2) is 0 Å². The van der Waals surface area contributed by atoms with E-state index in [1.807, 2.05) is 0 Å². The number of phenols is 1. The van der Waals surface area contributed by atoms with Crippen LogP contribution in [-0.2, 0) is 25.2 Å². The number of halogens is 3. The molecule has 1 atom stereocenters. The molecule has 0 aliphatic carbocycles. The predicted molar refractivity (Wildman–Crippen MR) is 113 cm³/mol. The molecule has 24 heavy (non-hydrogen) atoms. The van der Waals surface area contributed by atoms with Crippen molar-refractivity contribution < 1.29 is 28.6 Å². The van der Waals surface area contributed by atoms with Gasteiger partial charge in [0.05, 0.1) is 7.14 Å². The van der Waals surface area contributed by atoms with Gasteiger partial charge in [0, 0.05) is 12.6 Å². The maximum atomic E-state index is 9.30. The van der Waals surface area contributed by atoms with Gasteiger partial charge in [-0.1, -0.05) is 0 Å². The fourth-order valence-corrected chi connectivity index (χ4v) is 3.96. The topological polar surface area (TPSA) is 81.5 Å². The van der Waals surface area contributed by atoms with E-state index in [1.165, 1.54) is 0 Å². The predicted octanol–water partition coefficient (Wildman–Crippen LogP) is 4.36. The Morgan fingerprint density at radius 3 is 2.08 bits per heavy atom. The average Bonchev–Trinajstić information content (AvgIpc) is 2.54. The first-order valence-corrected chi connectivity index (χ1v) is 11.5. The molecule has 0 aliphatic rings. The van der Waals surface area contributed by atoms with Gasteiger partial charge in [-0.2, -0.15) is 0 Å². The summed E-state index contributed by atoms with van der Waals surface area (Å²) in [5.74, 6) is 1.72. The molecule has 2 rings (SSSR count). The van der Waals surface area contributed by atoms with Gasteiger partial charge in [-0.15, -0.1) is 0 Å². The number of hydrogen-bond acceptors (Lipinski definition) is 4. The number of rotatable bonds is 5. The molecule has 0 heterocycles. The van der Waals surface area contributed by atoms with Crippen LogP contribution in [-0.4, -0.2) is 17.7 Å². The zero-order chi connectivity index (χ0) is 17.4. The van der Waals surface area contributed by atoms with Crippen molar-refractivity contribution in [3.8, 4) is 17.2 Å². The molecule has 0 unspecified atom stereocenters. The summed E-state index contributed by atoms with van der Waals surface area (Å²) in [5, 5.41) is 9.30. The molecule has 8 heteroatoms. The van der Waals surface area contributed by atoms with Crippen molar-refractivity contribution in [3.05, 3.63) is 56.5 Å². The summed E-state index contributed by atoms with van der Waals surface area (Å²) in [6.07, 6.45) is 0.752. The maximum absolute atomic E-state index is 9.30. The first kappa shape index (κ1) is 24.4. The van der Waals surface area contributed by atoms with E-state index >= 15 is 0 Å². The molecule has 0 fully saturated rings. The van der Waals surface area contributed by atoms with Crippen LogP contribution in [0.3, 0.4) is 0 Å². The van der Waals surface area contributed by atoms with Crippen molar-refractivity contribution in [2.75, 3.05) is 6.54 Å². The molecule has 0 aliphatic heterocycles. The number of benzene rings is 2. The van der Waals surface area contributed by atoms with E-state index in [1.54, 1.807) is 43.0 Å². The van der Waals surface area contributed by atoms with E-state index in [9.17, 15) is 5.11 Å². The second-order valence-corrected chi connectivity index (χ2v) is 7.01. The van der Waals surface area contributed by atoms with E-state index < -0.39 is 0 Å². The van der Waals surface area contributed by atoms with E-state index in [2.05, 4.69) is 66.7 Å². The monoisotopic (exact) mass is 755 g/mol. The number of aromatic hydroxyl groups is 1. The van der Waals surface area contributed by atoms with Gasteiger partial charge in [-0.05, 0) is 93.6 Å². The summed E-state index contributed by atoms with van der Waals surface area (Å²) in [6, 6.07) is 10.8. The molecule has 4 nitrogen and oxygen atoms in total. The van der Waals surface area contributed by atoms with Crippen molar-refractivity contribution in [2.45, 2.75) is 12.5 Å². The third-order valence-corrected chi connectivity index (χ3v) is 4.52. The summed E-state index contributed by atoms with van der Waals surface area (Å²) >= 11 is 6.12. The Bertz CT molecular complexity index is 607. The Morgan fingerprint density at radius 2 is 1.62 bits per heavy atom. The van der Waals surface area contributed by atoms with E-state index in [0.29, 0.717) is 12.3 Å². The molecule has 136 valence electrons. The second kappa shape index (κ2) is 12.7. The first-order chi connectivity index (χ1) is 11.0. The fourth-order valence-electron chi connectivity index (χ4n) is 1.85. The molecule has 2 aromatic carbocycles. The van der Waals surface area contributed by atoms with Crippen LogP contribution in [0.4, 0.5) is 0 Å². The van der Waals surface area contributed by atoms with Gasteiger partial charge in [-0.3, -0.25) is 0 Å². The molecule has 0 aromatic heterocycles. The quantitative estimate of drug-likeness (QED) is 0.314. The molecule has 0 spiro atoms. The first-order valence-electron chi connectivity index (χ1n) is 6.52. The number of phenolic OH excluding ortho intramolecular Hbond substituents is 1. The molecule has 0 radical (unpaired) electrons. The Labute approximate surface area is 185 Å². The van der Waals surface area contributed by atoms with Gasteiger partial charge in [0.25, 0.3) is 0 Å². The van der Waals surface area contributed by atoms with Crippen molar-refractivity contribution >= 4 is 54.6 Å². The summed E-state index contributed by atoms with van der Waals surface area (Å²) in [7, 11) is 4.61. The van der Waals surface area contributed by atoms with Crippen LogP contribution in [0.2, 0.25) is 0 Å². The summed E-state index contributed by atoms with van der Waals surface area (Å²) in [4.78, 5) is 0. The van der Waals surface area contributed by atoms with Crippen LogP contribution in [0.25, 0.3) is 0 Å². The van der Waals surface area contributed by atoms with Crippen LogP contribution in [0.5, 0.6) is 17.2 Å². The van der Waals surface area contributed by atoms with Crippen molar-refractivity contribution in [1.82, 2.24) is 0 Å². The summed E-state index contributed by atoms with van der Waals surface area (Å²) in [5.41, 5.74) is 12.6. The Hall–Kier alpha value is 0.398. The molecule has 0 bridgehead atoms. The molecule has 5 N–H and O–H groups in total. The Morgan fingerprint density at radius 1 is 1.12 bits per heavy atom. The van der Waals surface area contributed by atoms with Crippen molar-refractivity contribution in [1.29, 1.82) is 0 Å². The zero-order valence-corrected chi connectivity index (χ0v) is 20.3. The molecule has 0 saturated heterocycles. The number of ether oxygens (including phenoxy) is 1. The minimum atomic E-state index is -0.0273. The van der Waals surface area contributed by atoms with Crippen LogP contribution in [0.1, 0.15) is 5.56 Å². The standard InChI is InChI=1S/C15H16I2N2O2.CH3.ClH.Pt/c16-13-6-9(5-10(19)8-18)7-14(17)15(13)21-12-3-1-11(20)2-4-12;;;/h1-4,6-7,10,20H,5,8,18-19H2;1H3;1H;/q;-1;;+2/p-1/t10-;;;/m0.../s1. The van der Waals surface area contributed by atoms with Gasteiger partial charge in [0.1, 0.15) is 11.5 Å². The average molecular weight is 756 g/mol. The molecular weight excluding hydrogens is 737 g/mol. The Balaban J connectivity index is 0.00000170.